The molecule has 0 bridgehead atoms. The quantitative estimate of drug-likeness (QED) is 0.338. The van der Waals surface area contributed by atoms with Gasteiger partial charge in [0.2, 0.25) is 0 Å². The van der Waals surface area contributed by atoms with E-state index in [4.69, 9.17) is 14.9 Å². The highest BCUT2D eigenvalue weighted by Crippen LogP contribution is 2.58. The van der Waals surface area contributed by atoms with Gasteiger partial charge < -0.3 is 29.8 Å². The molecule has 2 atom stereocenters. The van der Waals surface area contributed by atoms with E-state index in [0.717, 1.165) is 11.3 Å². The Kier molecular flexibility index (Phi) is 5.93. The molecule has 0 aliphatic heterocycles. The van der Waals surface area contributed by atoms with Crippen molar-refractivity contribution in [2.45, 2.75) is 23.7 Å². The standard InChI is InChI=1S/C10H14O10P2S/c11-8(12)7(21(15,16)17)4-10(9(13)14,22(18,19)20)3-6-1-2-23-5-6/h1-2,5,7H,3-4H2,(H,11,12)(H,13,14)(H2,15,16,17)(H2,18,19,20). The van der Waals surface area contributed by atoms with Crippen molar-refractivity contribution in [1.29, 1.82) is 0 Å². The molecule has 1 aromatic rings. The zero-order chi connectivity index (χ0) is 18.1. The first-order valence-corrected chi connectivity index (χ1v) is 10.1. The molecule has 1 rings (SSSR count). The number of thiophene rings is 1. The van der Waals surface area contributed by atoms with E-state index in [-0.39, 0.29) is 5.56 Å². The third kappa shape index (κ3) is 4.48. The molecule has 0 radical (unpaired) electrons. The van der Waals surface area contributed by atoms with Crippen LogP contribution in [0.4, 0.5) is 0 Å². The lowest BCUT2D eigenvalue weighted by Gasteiger charge is -2.32. The summed E-state index contributed by atoms with van der Waals surface area (Å²) in [6.07, 6.45) is -2.18. The normalized spacial score (nSPS) is 16.5. The highest BCUT2D eigenvalue weighted by atomic mass is 32.1. The van der Waals surface area contributed by atoms with E-state index in [1.54, 1.807) is 0 Å². The number of rotatable bonds is 8. The Hall–Kier alpha value is -1.06. The number of aliphatic carboxylic acids is 2. The molecule has 1 heterocycles. The molecule has 6 N–H and O–H groups in total. The molecule has 2 unspecified atom stereocenters. The monoisotopic (exact) mass is 388 g/mol. The van der Waals surface area contributed by atoms with Crippen molar-refractivity contribution in [1.82, 2.24) is 0 Å². The fourth-order valence-electron chi connectivity index (χ4n) is 1.98. The van der Waals surface area contributed by atoms with Crippen molar-refractivity contribution in [3.05, 3.63) is 22.4 Å². The number of carboxylic acid groups (broad SMARTS) is 2. The van der Waals surface area contributed by atoms with Crippen LogP contribution >= 0.6 is 26.5 Å². The van der Waals surface area contributed by atoms with Crippen molar-refractivity contribution in [2.75, 3.05) is 0 Å². The fraction of sp³-hybridized carbons (Fsp3) is 0.400. The minimum atomic E-state index is -5.47. The maximum atomic E-state index is 11.8. The summed E-state index contributed by atoms with van der Waals surface area (Å²) in [6, 6.07) is 1.38. The van der Waals surface area contributed by atoms with Gasteiger partial charge in [-0.05, 0) is 22.4 Å². The Morgan fingerprint density at radius 3 is 2.04 bits per heavy atom. The molecule has 0 aliphatic carbocycles. The van der Waals surface area contributed by atoms with Crippen LogP contribution in [0.5, 0.6) is 0 Å². The molecule has 23 heavy (non-hydrogen) atoms. The summed E-state index contributed by atoms with van der Waals surface area (Å²) in [5.74, 6) is -4.07. The van der Waals surface area contributed by atoms with Gasteiger partial charge in [-0.25, -0.2) is 0 Å². The molecule has 13 heteroatoms. The summed E-state index contributed by atoms with van der Waals surface area (Å²) in [5, 5.41) is 18.2. The maximum Gasteiger partial charge on any atom is 0.343 e. The molecule has 0 saturated carbocycles. The van der Waals surface area contributed by atoms with E-state index in [9.17, 15) is 33.6 Å². The van der Waals surface area contributed by atoms with E-state index in [1.165, 1.54) is 16.8 Å². The van der Waals surface area contributed by atoms with Crippen molar-refractivity contribution >= 4 is 38.5 Å². The van der Waals surface area contributed by atoms with E-state index in [0.29, 0.717) is 0 Å². The van der Waals surface area contributed by atoms with Gasteiger partial charge in [0.05, 0.1) is 0 Å². The highest BCUT2D eigenvalue weighted by molar-refractivity contribution is 7.55. The first-order valence-electron chi connectivity index (χ1n) is 5.89. The van der Waals surface area contributed by atoms with Crippen LogP contribution in [-0.4, -0.2) is 52.5 Å². The van der Waals surface area contributed by atoms with Crippen LogP contribution in [0.1, 0.15) is 12.0 Å². The smallest absolute Gasteiger partial charge is 0.343 e. The van der Waals surface area contributed by atoms with Crippen LogP contribution in [-0.2, 0) is 25.1 Å². The summed E-state index contributed by atoms with van der Waals surface area (Å²) >= 11 is 1.12. The summed E-state index contributed by atoms with van der Waals surface area (Å²) < 4.78 is 23.0. The Balaban J connectivity index is 3.44. The molecule has 0 saturated heterocycles. The van der Waals surface area contributed by atoms with E-state index < -0.39 is 50.8 Å². The zero-order valence-corrected chi connectivity index (χ0v) is 13.9. The van der Waals surface area contributed by atoms with Gasteiger partial charge in [0.1, 0.15) is 0 Å². The first-order chi connectivity index (χ1) is 10.3. The SMILES string of the molecule is O=C(O)C(CC(Cc1ccsc1)(C(=O)O)P(=O)(O)O)P(=O)(O)O. The minimum Gasteiger partial charge on any atom is -0.481 e. The lowest BCUT2D eigenvalue weighted by atomic mass is 9.94. The van der Waals surface area contributed by atoms with E-state index >= 15 is 0 Å². The highest BCUT2D eigenvalue weighted by Gasteiger charge is 2.58. The fourth-order valence-corrected chi connectivity index (χ4v) is 4.69. The van der Waals surface area contributed by atoms with Crippen LogP contribution in [0.25, 0.3) is 0 Å². The molecule has 0 amide bonds. The van der Waals surface area contributed by atoms with Crippen molar-refractivity contribution < 1.29 is 48.5 Å². The third-order valence-electron chi connectivity index (χ3n) is 3.25. The molecule has 130 valence electrons. The largest absolute Gasteiger partial charge is 0.481 e. The minimum absolute atomic E-state index is 0.204. The summed E-state index contributed by atoms with van der Waals surface area (Å²) in [6.45, 7) is 0. The number of hydrogen-bond acceptors (Lipinski definition) is 5. The summed E-state index contributed by atoms with van der Waals surface area (Å²) in [7, 11) is -10.8. The van der Waals surface area contributed by atoms with Gasteiger partial charge in [-0.2, -0.15) is 11.3 Å². The second kappa shape index (κ2) is 6.82. The van der Waals surface area contributed by atoms with Crippen molar-refractivity contribution in [2.24, 2.45) is 0 Å². The van der Waals surface area contributed by atoms with Crippen molar-refractivity contribution in [3.63, 3.8) is 0 Å². The first kappa shape index (κ1) is 20.0. The molecule has 1 aromatic heterocycles. The van der Waals surface area contributed by atoms with Crippen LogP contribution in [0.15, 0.2) is 16.8 Å². The molecule has 10 nitrogen and oxygen atoms in total. The predicted octanol–water partition coefficient (Wildman–Crippen LogP) is 0.313. The molecular weight excluding hydrogens is 374 g/mol. The summed E-state index contributed by atoms with van der Waals surface area (Å²) in [4.78, 5) is 59.7. The molecule has 0 aliphatic rings. The van der Waals surface area contributed by atoms with E-state index in [2.05, 4.69) is 0 Å². The maximum absolute atomic E-state index is 11.8. The summed E-state index contributed by atoms with van der Waals surface area (Å²) in [5.41, 5.74) is -2.35. The van der Waals surface area contributed by atoms with Crippen LogP contribution in [0.2, 0.25) is 0 Å². The number of carbonyl (C=O) groups is 2. The Morgan fingerprint density at radius 2 is 1.74 bits per heavy atom. The average molecular weight is 388 g/mol. The van der Waals surface area contributed by atoms with Gasteiger partial charge in [0.25, 0.3) is 0 Å². The van der Waals surface area contributed by atoms with Crippen molar-refractivity contribution in [3.8, 4) is 0 Å². The Morgan fingerprint density at radius 1 is 1.17 bits per heavy atom. The lowest BCUT2D eigenvalue weighted by Crippen LogP contribution is -2.45. The average Bonchev–Trinajstić information content (AvgIpc) is 2.82. The predicted molar refractivity (Wildman–Crippen MR) is 78.5 cm³/mol. The van der Waals surface area contributed by atoms with Gasteiger partial charge in [0.15, 0.2) is 10.8 Å². The van der Waals surface area contributed by atoms with E-state index in [1.807, 2.05) is 0 Å². The molecule has 0 spiro atoms. The lowest BCUT2D eigenvalue weighted by molar-refractivity contribution is -0.141. The van der Waals surface area contributed by atoms with Crippen LogP contribution < -0.4 is 0 Å². The van der Waals surface area contributed by atoms with Gasteiger partial charge >= 0.3 is 27.1 Å². The second-order valence-electron chi connectivity index (χ2n) is 4.84. The Bertz CT molecular complexity index is 674. The number of hydrogen-bond donors (Lipinski definition) is 6. The molecular formula is C10H14O10P2S. The van der Waals surface area contributed by atoms with Gasteiger partial charge in [0, 0.05) is 12.8 Å². The Labute approximate surface area is 133 Å². The second-order valence-corrected chi connectivity index (χ2v) is 9.36. The van der Waals surface area contributed by atoms with Gasteiger partial charge in [-0.15, -0.1) is 0 Å². The zero-order valence-electron chi connectivity index (χ0n) is 11.3. The molecule has 0 fully saturated rings. The van der Waals surface area contributed by atoms with Gasteiger partial charge in [-0.1, -0.05) is 0 Å². The van der Waals surface area contributed by atoms with Gasteiger partial charge in [-0.3, -0.25) is 18.7 Å². The van der Waals surface area contributed by atoms with Crippen LogP contribution in [0, 0.1) is 0 Å². The third-order valence-corrected chi connectivity index (χ3v) is 6.85. The number of carboxylic acids is 2. The topological polar surface area (TPSA) is 190 Å². The molecule has 0 aromatic carbocycles. The van der Waals surface area contributed by atoms with Crippen LogP contribution in [0.3, 0.4) is 0 Å².